The molecule has 2 heterocycles. The molecule has 0 radical (unpaired) electrons. The van der Waals surface area contributed by atoms with Crippen molar-refractivity contribution in [2.45, 2.75) is 38.8 Å². The second kappa shape index (κ2) is 5.30. The van der Waals surface area contributed by atoms with Crippen molar-refractivity contribution in [3.05, 3.63) is 22.4 Å². The molecule has 2 nitrogen and oxygen atoms in total. The molecule has 1 fully saturated rings. The van der Waals surface area contributed by atoms with Crippen LogP contribution in [0.2, 0.25) is 0 Å². The average molecular weight is 238 g/mol. The SMILES string of the molecule is CCC(N)C(c1ccsc1)N1CCC(C)C1. The van der Waals surface area contributed by atoms with Gasteiger partial charge in [-0.25, -0.2) is 0 Å². The summed E-state index contributed by atoms with van der Waals surface area (Å²) in [4.78, 5) is 2.57. The highest BCUT2D eigenvalue weighted by molar-refractivity contribution is 7.07. The Kier molecular flexibility index (Phi) is 4.00. The quantitative estimate of drug-likeness (QED) is 0.874. The van der Waals surface area contributed by atoms with Gasteiger partial charge in [-0.2, -0.15) is 11.3 Å². The maximum atomic E-state index is 6.30. The summed E-state index contributed by atoms with van der Waals surface area (Å²) in [6.45, 7) is 6.93. The third kappa shape index (κ3) is 2.47. The van der Waals surface area contributed by atoms with Crippen molar-refractivity contribution in [1.82, 2.24) is 4.90 Å². The van der Waals surface area contributed by atoms with Crippen LogP contribution in [0.15, 0.2) is 16.8 Å². The topological polar surface area (TPSA) is 29.3 Å². The summed E-state index contributed by atoms with van der Waals surface area (Å²) in [6.07, 6.45) is 2.36. The third-order valence-corrected chi connectivity index (χ3v) is 4.31. The smallest absolute Gasteiger partial charge is 0.0507 e. The molecular weight excluding hydrogens is 216 g/mol. The Morgan fingerprint density at radius 1 is 1.62 bits per heavy atom. The zero-order valence-electron chi connectivity index (χ0n) is 10.2. The van der Waals surface area contributed by atoms with Crippen LogP contribution in [0, 0.1) is 5.92 Å². The molecule has 1 saturated heterocycles. The number of likely N-dealkylation sites (tertiary alicyclic amines) is 1. The van der Waals surface area contributed by atoms with Gasteiger partial charge in [0.15, 0.2) is 0 Å². The van der Waals surface area contributed by atoms with E-state index < -0.39 is 0 Å². The van der Waals surface area contributed by atoms with Gasteiger partial charge in [0.1, 0.15) is 0 Å². The van der Waals surface area contributed by atoms with Crippen molar-refractivity contribution in [1.29, 1.82) is 0 Å². The minimum atomic E-state index is 0.264. The second-order valence-corrected chi connectivity index (χ2v) is 5.74. The molecule has 1 aromatic heterocycles. The molecule has 0 amide bonds. The summed E-state index contributed by atoms with van der Waals surface area (Å²) in [5.74, 6) is 0.824. The lowest BCUT2D eigenvalue weighted by Gasteiger charge is -2.31. The number of thiophene rings is 1. The molecular formula is C13H22N2S. The third-order valence-electron chi connectivity index (χ3n) is 3.61. The van der Waals surface area contributed by atoms with Crippen molar-refractivity contribution >= 4 is 11.3 Å². The molecule has 0 saturated carbocycles. The fourth-order valence-electron chi connectivity index (χ4n) is 2.62. The number of rotatable bonds is 4. The Morgan fingerprint density at radius 2 is 2.44 bits per heavy atom. The van der Waals surface area contributed by atoms with Gasteiger partial charge >= 0.3 is 0 Å². The van der Waals surface area contributed by atoms with Crippen molar-refractivity contribution in [2.24, 2.45) is 11.7 Å². The standard InChI is InChI=1S/C13H22N2S/c1-3-12(14)13(11-5-7-16-9-11)15-6-4-10(2)8-15/h5,7,9-10,12-13H,3-4,6,8,14H2,1-2H3. The lowest BCUT2D eigenvalue weighted by atomic mass is 9.99. The number of nitrogens with zero attached hydrogens (tertiary/aromatic N) is 1. The van der Waals surface area contributed by atoms with Crippen LogP contribution in [-0.2, 0) is 0 Å². The van der Waals surface area contributed by atoms with Crippen molar-refractivity contribution in [3.63, 3.8) is 0 Å². The van der Waals surface area contributed by atoms with Crippen LogP contribution in [0.1, 0.15) is 38.3 Å². The van der Waals surface area contributed by atoms with Gasteiger partial charge in [0.25, 0.3) is 0 Å². The summed E-state index contributed by atoms with van der Waals surface area (Å²) in [5.41, 5.74) is 7.71. The lowest BCUT2D eigenvalue weighted by molar-refractivity contribution is 0.204. The van der Waals surface area contributed by atoms with Gasteiger partial charge < -0.3 is 5.73 Å². The Bertz CT molecular complexity index is 310. The van der Waals surface area contributed by atoms with E-state index in [0.29, 0.717) is 6.04 Å². The molecule has 1 aliphatic heterocycles. The van der Waals surface area contributed by atoms with Gasteiger partial charge in [0.2, 0.25) is 0 Å². The number of hydrogen-bond donors (Lipinski definition) is 1. The Morgan fingerprint density at radius 3 is 2.94 bits per heavy atom. The Hall–Kier alpha value is -0.380. The molecule has 0 spiro atoms. The predicted octanol–water partition coefficient (Wildman–Crippen LogP) is 2.87. The van der Waals surface area contributed by atoms with E-state index in [0.717, 1.165) is 12.3 Å². The summed E-state index contributed by atoms with van der Waals surface area (Å²) >= 11 is 1.77. The molecule has 2 rings (SSSR count). The highest BCUT2D eigenvalue weighted by Gasteiger charge is 2.30. The first-order chi connectivity index (χ1) is 7.72. The first-order valence-electron chi connectivity index (χ1n) is 6.24. The first kappa shape index (κ1) is 12.1. The van der Waals surface area contributed by atoms with Gasteiger partial charge in [-0.05, 0) is 47.7 Å². The highest BCUT2D eigenvalue weighted by atomic mass is 32.1. The van der Waals surface area contributed by atoms with Crippen LogP contribution in [-0.4, -0.2) is 24.0 Å². The van der Waals surface area contributed by atoms with Gasteiger partial charge in [-0.15, -0.1) is 0 Å². The van der Waals surface area contributed by atoms with Gasteiger partial charge in [0.05, 0.1) is 6.04 Å². The molecule has 3 atom stereocenters. The van der Waals surface area contributed by atoms with Crippen LogP contribution >= 0.6 is 11.3 Å². The Labute approximate surface area is 102 Å². The van der Waals surface area contributed by atoms with Crippen LogP contribution in [0.5, 0.6) is 0 Å². The van der Waals surface area contributed by atoms with Crippen molar-refractivity contribution in [3.8, 4) is 0 Å². The fourth-order valence-corrected chi connectivity index (χ4v) is 3.31. The molecule has 16 heavy (non-hydrogen) atoms. The van der Waals surface area contributed by atoms with E-state index in [9.17, 15) is 0 Å². The largest absolute Gasteiger partial charge is 0.326 e. The van der Waals surface area contributed by atoms with E-state index in [1.165, 1.54) is 25.1 Å². The molecule has 3 heteroatoms. The van der Waals surface area contributed by atoms with E-state index in [-0.39, 0.29) is 6.04 Å². The summed E-state index contributed by atoms with van der Waals surface area (Å²) < 4.78 is 0. The fraction of sp³-hybridized carbons (Fsp3) is 0.692. The van der Waals surface area contributed by atoms with E-state index in [1.54, 1.807) is 11.3 Å². The van der Waals surface area contributed by atoms with Crippen molar-refractivity contribution in [2.75, 3.05) is 13.1 Å². The minimum Gasteiger partial charge on any atom is -0.326 e. The number of hydrogen-bond acceptors (Lipinski definition) is 3. The van der Waals surface area contributed by atoms with E-state index in [1.807, 2.05) is 0 Å². The molecule has 0 aliphatic carbocycles. The zero-order valence-corrected chi connectivity index (χ0v) is 11.0. The second-order valence-electron chi connectivity index (χ2n) is 4.96. The zero-order chi connectivity index (χ0) is 11.5. The van der Waals surface area contributed by atoms with E-state index in [2.05, 4.69) is 35.6 Å². The lowest BCUT2D eigenvalue weighted by Crippen LogP contribution is -2.39. The molecule has 0 bridgehead atoms. The predicted molar refractivity (Wildman–Crippen MR) is 70.7 cm³/mol. The maximum Gasteiger partial charge on any atom is 0.0507 e. The molecule has 3 unspecified atom stereocenters. The molecule has 0 aromatic carbocycles. The monoisotopic (exact) mass is 238 g/mol. The van der Waals surface area contributed by atoms with Crippen molar-refractivity contribution < 1.29 is 0 Å². The van der Waals surface area contributed by atoms with Crippen LogP contribution < -0.4 is 5.73 Å². The van der Waals surface area contributed by atoms with Gasteiger partial charge in [0, 0.05) is 12.6 Å². The summed E-state index contributed by atoms with van der Waals surface area (Å²) in [5, 5.41) is 4.41. The normalized spacial score (nSPS) is 25.8. The maximum absolute atomic E-state index is 6.30. The molecule has 90 valence electrons. The van der Waals surface area contributed by atoms with E-state index in [4.69, 9.17) is 5.73 Å². The Balaban J connectivity index is 2.15. The van der Waals surface area contributed by atoms with Crippen LogP contribution in [0.4, 0.5) is 0 Å². The summed E-state index contributed by atoms with van der Waals surface area (Å²) in [7, 11) is 0. The molecule has 1 aliphatic rings. The van der Waals surface area contributed by atoms with Crippen LogP contribution in [0.3, 0.4) is 0 Å². The average Bonchev–Trinajstić information content (AvgIpc) is 2.91. The highest BCUT2D eigenvalue weighted by Crippen LogP contribution is 2.31. The van der Waals surface area contributed by atoms with Gasteiger partial charge in [-0.3, -0.25) is 4.90 Å². The molecule has 2 N–H and O–H groups in total. The van der Waals surface area contributed by atoms with E-state index >= 15 is 0 Å². The minimum absolute atomic E-state index is 0.264. The van der Waals surface area contributed by atoms with Crippen LogP contribution in [0.25, 0.3) is 0 Å². The molecule has 1 aromatic rings. The van der Waals surface area contributed by atoms with Gasteiger partial charge in [-0.1, -0.05) is 13.8 Å². The first-order valence-corrected chi connectivity index (χ1v) is 7.18. The number of nitrogens with two attached hydrogens (primary N) is 1. The summed E-state index contributed by atoms with van der Waals surface area (Å²) in [6, 6.07) is 2.93.